The lowest BCUT2D eigenvalue weighted by molar-refractivity contribution is -0.130. The molecule has 32 heavy (non-hydrogen) atoms. The van der Waals surface area contributed by atoms with E-state index in [-0.39, 0.29) is 24.1 Å². The molecule has 2 saturated heterocycles. The lowest BCUT2D eigenvalue weighted by Crippen LogP contribution is -2.38. The maximum atomic E-state index is 12.8. The number of anilines is 2. The van der Waals surface area contributed by atoms with Crippen LogP contribution in [0.2, 0.25) is 0 Å². The zero-order valence-electron chi connectivity index (χ0n) is 18.1. The van der Waals surface area contributed by atoms with Crippen molar-refractivity contribution in [1.29, 1.82) is 0 Å². The molecular weight excluding hydrogens is 426 g/mol. The van der Waals surface area contributed by atoms with Crippen LogP contribution in [0.1, 0.15) is 12.0 Å². The van der Waals surface area contributed by atoms with Crippen LogP contribution in [0.3, 0.4) is 0 Å². The van der Waals surface area contributed by atoms with E-state index in [1.54, 1.807) is 18.1 Å². The number of benzene rings is 2. The second-order valence-corrected chi connectivity index (χ2v) is 9.19. The molecule has 168 valence electrons. The summed E-state index contributed by atoms with van der Waals surface area (Å²) < 4.78 is 5.23. The third kappa shape index (κ3) is 5.24. The number of ether oxygens (including phenoxy) is 1. The van der Waals surface area contributed by atoms with Gasteiger partial charge in [-0.25, -0.2) is 0 Å². The van der Waals surface area contributed by atoms with Crippen LogP contribution >= 0.6 is 11.8 Å². The number of nitrogens with one attached hydrogen (secondary N) is 1. The van der Waals surface area contributed by atoms with E-state index in [2.05, 4.69) is 5.32 Å². The van der Waals surface area contributed by atoms with Gasteiger partial charge in [-0.15, -0.1) is 0 Å². The molecule has 7 nitrogen and oxygen atoms in total. The number of rotatable bonds is 6. The quantitative estimate of drug-likeness (QED) is 0.728. The first-order valence-electron chi connectivity index (χ1n) is 10.7. The van der Waals surface area contributed by atoms with Gasteiger partial charge in [0.05, 0.1) is 19.4 Å². The number of hydrogen-bond acceptors (Lipinski definition) is 5. The van der Waals surface area contributed by atoms with Crippen LogP contribution in [0.4, 0.5) is 11.4 Å². The van der Waals surface area contributed by atoms with Crippen molar-refractivity contribution in [2.24, 2.45) is 5.92 Å². The number of nitrogens with zero attached hydrogens (tertiary/aromatic N) is 2. The minimum Gasteiger partial charge on any atom is -0.497 e. The summed E-state index contributed by atoms with van der Waals surface area (Å²) in [7, 11) is 1.58. The van der Waals surface area contributed by atoms with Gasteiger partial charge in [-0.2, -0.15) is 11.8 Å². The summed E-state index contributed by atoms with van der Waals surface area (Å²) in [6.07, 6.45) is 0.537. The maximum absolute atomic E-state index is 12.8. The minimum absolute atomic E-state index is 0.0802. The van der Waals surface area contributed by atoms with Crippen molar-refractivity contribution in [1.82, 2.24) is 4.90 Å². The van der Waals surface area contributed by atoms with Crippen molar-refractivity contribution in [3.63, 3.8) is 0 Å². The maximum Gasteiger partial charge on any atom is 0.229 e. The van der Waals surface area contributed by atoms with Crippen LogP contribution < -0.4 is 15.0 Å². The third-order valence-corrected chi connectivity index (χ3v) is 6.74. The van der Waals surface area contributed by atoms with Gasteiger partial charge in [0.25, 0.3) is 0 Å². The lowest BCUT2D eigenvalue weighted by Gasteiger charge is -2.26. The molecule has 2 heterocycles. The monoisotopic (exact) mass is 453 g/mol. The Labute approximate surface area is 192 Å². The Kier molecular flexibility index (Phi) is 6.99. The molecule has 2 aromatic rings. The van der Waals surface area contributed by atoms with Gasteiger partial charge in [-0.05, 0) is 29.8 Å². The van der Waals surface area contributed by atoms with Gasteiger partial charge in [-0.1, -0.05) is 18.2 Å². The Morgan fingerprint density at radius 3 is 2.59 bits per heavy atom. The second kappa shape index (κ2) is 10.1. The van der Waals surface area contributed by atoms with Crippen molar-refractivity contribution >= 4 is 40.9 Å². The fraction of sp³-hybridized carbons (Fsp3) is 0.375. The summed E-state index contributed by atoms with van der Waals surface area (Å²) in [4.78, 5) is 41.2. The highest BCUT2D eigenvalue weighted by Gasteiger charge is 2.35. The molecule has 2 aliphatic rings. The summed E-state index contributed by atoms with van der Waals surface area (Å²) in [5, 5.41) is 2.90. The lowest BCUT2D eigenvalue weighted by atomic mass is 10.1. The molecule has 1 N–H and O–H groups in total. The molecule has 1 atom stereocenters. The molecule has 4 rings (SSSR count). The topological polar surface area (TPSA) is 79.0 Å². The molecule has 8 heteroatoms. The van der Waals surface area contributed by atoms with Gasteiger partial charge in [0.1, 0.15) is 5.75 Å². The minimum atomic E-state index is -0.424. The Morgan fingerprint density at radius 1 is 1.12 bits per heavy atom. The number of hydrogen-bond donors (Lipinski definition) is 1. The van der Waals surface area contributed by atoms with Crippen molar-refractivity contribution in [3.8, 4) is 5.75 Å². The Morgan fingerprint density at radius 2 is 1.88 bits per heavy atom. The Bertz CT molecular complexity index is 989. The summed E-state index contributed by atoms with van der Waals surface area (Å²) in [5.74, 6) is 2.12. The van der Waals surface area contributed by atoms with Crippen molar-refractivity contribution in [3.05, 3.63) is 54.1 Å². The van der Waals surface area contributed by atoms with Gasteiger partial charge in [-0.3, -0.25) is 14.4 Å². The third-order valence-electron chi connectivity index (χ3n) is 5.80. The van der Waals surface area contributed by atoms with Gasteiger partial charge < -0.3 is 19.9 Å². The second-order valence-electron chi connectivity index (χ2n) is 7.96. The van der Waals surface area contributed by atoms with E-state index in [4.69, 9.17) is 4.74 Å². The SMILES string of the molecule is COc1cccc(N2CC(C(=O)Nc3ccc(CC(=O)N4CCSCC4)cc3)CC2=O)c1. The van der Waals surface area contributed by atoms with Gasteiger partial charge in [0, 0.05) is 55.0 Å². The fourth-order valence-corrected chi connectivity index (χ4v) is 4.86. The first-order chi connectivity index (χ1) is 15.5. The molecular formula is C24H27N3O4S. The van der Waals surface area contributed by atoms with Gasteiger partial charge in [0.15, 0.2) is 0 Å². The molecule has 3 amide bonds. The van der Waals surface area contributed by atoms with Crippen LogP contribution in [0.15, 0.2) is 48.5 Å². The first-order valence-corrected chi connectivity index (χ1v) is 11.9. The Hall–Kier alpha value is -3.00. The smallest absolute Gasteiger partial charge is 0.229 e. The van der Waals surface area contributed by atoms with Crippen LogP contribution in [-0.4, -0.2) is 60.9 Å². The van der Waals surface area contributed by atoms with E-state index in [1.165, 1.54) is 0 Å². The number of methoxy groups -OCH3 is 1. The molecule has 0 saturated carbocycles. The summed E-state index contributed by atoms with van der Waals surface area (Å²) in [6, 6.07) is 14.6. The molecule has 0 radical (unpaired) electrons. The summed E-state index contributed by atoms with van der Waals surface area (Å²) in [6.45, 7) is 1.95. The largest absolute Gasteiger partial charge is 0.497 e. The predicted octanol–water partition coefficient (Wildman–Crippen LogP) is 2.80. The standard InChI is InChI=1S/C24H27N3O4S/c1-31-21-4-2-3-20(15-21)27-16-18(14-23(27)29)24(30)25-19-7-5-17(6-8-19)13-22(28)26-9-11-32-12-10-26/h2-8,15,18H,9-14,16H2,1H3,(H,25,30). The predicted molar refractivity (Wildman–Crippen MR) is 126 cm³/mol. The van der Waals surface area contributed by atoms with E-state index in [1.807, 2.05) is 59.1 Å². The normalized spacial score (nSPS) is 18.5. The number of carbonyl (C=O) groups is 3. The summed E-state index contributed by atoms with van der Waals surface area (Å²) in [5.41, 5.74) is 2.31. The zero-order chi connectivity index (χ0) is 22.5. The van der Waals surface area contributed by atoms with E-state index < -0.39 is 5.92 Å². The van der Waals surface area contributed by atoms with Crippen LogP contribution in [-0.2, 0) is 20.8 Å². The van der Waals surface area contributed by atoms with E-state index in [9.17, 15) is 14.4 Å². The molecule has 1 unspecified atom stereocenters. The zero-order valence-corrected chi connectivity index (χ0v) is 18.9. The number of carbonyl (C=O) groups excluding carboxylic acids is 3. The van der Waals surface area contributed by atoms with E-state index in [0.29, 0.717) is 24.4 Å². The molecule has 2 aliphatic heterocycles. The highest BCUT2D eigenvalue weighted by atomic mass is 32.2. The molecule has 0 spiro atoms. The van der Waals surface area contributed by atoms with Crippen molar-refractivity contribution < 1.29 is 19.1 Å². The van der Waals surface area contributed by atoms with Crippen molar-refractivity contribution in [2.45, 2.75) is 12.8 Å². The summed E-state index contributed by atoms with van der Waals surface area (Å²) >= 11 is 1.88. The first kappa shape index (κ1) is 22.2. The van der Waals surface area contributed by atoms with Crippen LogP contribution in [0, 0.1) is 5.92 Å². The number of thioether (sulfide) groups is 1. The van der Waals surface area contributed by atoms with E-state index in [0.717, 1.165) is 35.8 Å². The van der Waals surface area contributed by atoms with Gasteiger partial charge in [0.2, 0.25) is 17.7 Å². The molecule has 0 aromatic heterocycles. The molecule has 0 bridgehead atoms. The molecule has 0 aliphatic carbocycles. The van der Waals surface area contributed by atoms with Crippen LogP contribution in [0.5, 0.6) is 5.75 Å². The van der Waals surface area contributed by atoms with Crippen LogP contribution in [0.25, 0.3) is 0 Å². The highest BCUT2D eigenvalue weighted by Crippen LogP contribution is 2.28. The fourth-order valence-electron chi connectivity index (χ4n) is 3.96. The number of amides is 3. The average Bonchev–Trinajstić information content (AvgIpc) is 3.22. The molecule has 2 aromatic carbocycles. The van der Waals surface area contributed by atoms with Gasteiger partial charge >= 0.3 is 0 Å². The average molecular weight is 454 g/mol. The molecule has 2 fully saturated rings. The van der Waals surface area contributed by atoms with E-state index >= 15 is 0 Å². The Balaban J connectivity index is 1.32. The van der Waals surface area contributed by atoms with Crippen molar-refractivity contribution in [2.75, 3.05) is 48.5 Å². The highest BCUT2D eigenvalue weighted by molar-refractivity contribution is 7.99.